The number of ether oxygens (including phenoxy) is 2. The second-order valence-electron chi connectivity index (χ2n) is 8.52. The van der Waals surface area contributed by atoms with Crippen LogP contribution >= 0.6 is 23.4 Å². The molecule has 9 heteroatoms. The van der Waals surface area contributed by atoms with Crippen molar-refractivity contribution in [3.8, 4) is 11.5 Å². The fraction of sp³-hybridized carbons (Fsp3) is 0.250. The van der Waals surface area contributed by atoms with E-state index in [0.29, 0.717) is 46.0 Å². The molecule has 0 bridgehead atoms. The number of hydrogen-bond donors (Lipinski definition) is 1. The van der Waals surface area contributed by atoms with Gasteiger partial charge in [-0.05, 0) is 73.0 Å². The highest BCUT2D eigenvalue weighted by Gasteiger charge is 2.35. The first-order valence-electron chi connectivity index (χ1n) is 11.8. The third-order valence-electron chi connectivity index (χ3n) is 5.84. The Morgan fingerprint density at radius 2 is 1.84 bits per heavy atom. The predicted octanol–water partition coefficient (Wildman–Crippen LogP) is 5.87. The highest BCUT2D eigenvalue weighted by molar-refractivity contribution is 8.15. The fourth-order valence-electron chi connectivity index (χ4n) is 3.91. The number of nitrogens with zero attached hydrogens (tertiary/aromatic N) is 2. The minimum absolute atomic E-state index is 0.0773. The number of halogens is 1. The van der Waals surface area contributed by atoms with Gasteiger partial charge in [0.1, 0.15) is 5.25 Å². The molecule has 3 aromatic carbocycles. The zero-order chi connectivity index (χ0) is 26.4. The molecule has 1 aliphatic rings. The van der Waals surface area contributed by atoms with E-state index in [2.05, 4.69) is 5.32 Å². The first kappa shape index (κ1) is 26.6. The van der Waals surface area contributed by atoms with E-state index in [4.69, 9.17) is 26.1 Å². The highest BCUT2D eigenvalue weighted by Crippen LogP contribution is 2.32. The predicted molar refractivity (Wildman–Crippen MR) is 149 cm³/mol. The first-order valence-corrected chi connectivity index (χ1v) is 13.0. The zero-order valence-electron chi connectivity index (χ0n) is 20.9. The molecule has 1 atom stereocenters. The minimum Gasteiger partial charge on any atom is -0.493 e. The number of nitrogens with one attached hydrogen (secondary N) is 1. The van der Waals surface area contributed by atoms with Crippen molar-refractivity contribution < 1.29 is 19.1 Å². The number of carbonyl (C=O) groups is 2. The molecule has 1 aliphatic heterocycles. The van der Waals surface area contributed by atoms with Gasteiger partial charge >= 0.3 is 0 Å². The molecule has 192 valence electrons. The number of amides is 2. The Labute approximate surface area is 225 Å². The van der Waals surface area contributed by atoms with E-state index in [9.17, 15) is 9.59 Å². The molecule has 1 fully saturated rings. The maximum Gasteiger partial charge on any atom is 0.238 e. The van der Waals surface area contributed by atoms with Crippen LogP contribution in [0.4, 0.5) is 11.4 Å². The van der Waals surface area contributed by atoms with Crippen LogP contribution < -0.4 is 14.8 Å². The Balaban J connectivity index is 1.55. The molecule has 0 spiro atoms. The Hall–Kier alpha value is -3.49. The molecular formula is C28H28ClN3O4S. The zero-order valence-corrected chi connectivity index (χ0v) is 22.4. The number of anilines is 1. The van der Waals surface area contributed by atoms with Gasteiger partial charge in [-0.1, -0.05) is 41.6 Å². The van der Waals surface area contributed by atoms with Gasteiger partial charge in [-0.25, -0.2) is 4.99 Å². The fourth-order valence-corrected chi connectivity index (χ4v) is 5.16. The number of carbonyl (C=O) groups excluding carboxylic acids is 2. The summed E-state index contributed by atoms with van der Waals surface area (Å²) in [7, 11) is 3.18. The summed E-state index contributed by atoms with van der Waals surface area (Å²) in [4.78, 5) is 32.7. The monoisotopic (exact) mass is 537 g/mol. The molecule has 3 aromatic rings. The van der Waals surface area contributed by atoms with Crippen LogP contribution in [0.2, 0.25) is 5.02 Å². The Kier molecular flexibility index (Phi) is 8.74. The number of methoxy groups -OCH3 is 2. The van der Waals surface area contributed by atoms with Crippen molar-refractivity contribution in [3.63, 3.8) is 0 Å². The smallest absolute Gasteiger partial charge is 0.238 e. The summed E-state index contributed by atoms with van der Waals surface area (Å²) in [5.41, 5.74) is 3.37. The molecule has 0 aliphatic carbocycles. The van der Waals surface area contributed by atoms with Gasteiger partial charge in [-0.15, -0.1) is 0 Å². The van der Waals surface area contributed by atoms with Crippen LogP contribution in [0.25, 0.3) is 0 Å². The second-order valence-corrected chi connectivity index (χ2v) is 10.1. The highest BCUT2D eigenvalue weighted by atomic mass is 35.5. The van der Waals surface area contributed by atoms with Crippen LogP contribution in [-0.4, -0.2) is 47.9 Å². The summed E-state index contributed by atoms with van der Waals surface area (Å²) < 4.78 is 10.7. The van der Waals surface area contributed by atoms with Crippen LogP contribution in [0.15, 0.2) is 71.7 Å². The topological polar surface area (TPSA) is 80.2 Å². The molecule has 4 rings (SSSR count). The van der Waals surface area contributed by atoms with Crippen LogP contribution in [0.5, 0.6) is 11.5 Å². The molecule has 1 heterocycles. The number of rotatable bonds is 8. The van der Waals surface area contributed by atoms with E-state index in [1.807, 2.05) is 49.4 Å². The molecule has 1 unspecified atom stereocenters. The number of aryl methyl sites for hydroxylation is 1. The van der Waals surface area contributed by atoms with E-state index in [-0.39, 0.29) is 18.2 Å². The molecule has 1 saturated heterocycles. The molecule has 7 nitrogen and oxygen atoms in total. The lowest BCUT2D eigenvalue weighted by Gasteiger charge is -2.32. The van der Waals surface area contributed by atoms with Gasteiger partial charge in [0, 0.05) is 23.7 Å². The summed E-state index contributed by atoms with van der Waals surface area (Å²) >= 11 is 7.32. The van der Waals surface area contributed by atoms with Gasteiger partial charge in [0.2, 0.25) is 11.8 Å². The quantitative estimate of drug-likeness (QED) is 0.389. The molecule has 1 N–H and O–H groups in total. The van der Waals surface area contributed by atoms with E-state index >= 15 is 0 Å². The lowest BCUT2D eigenvalue weighted by Crippen LogP contribution is -2.46. The van der Waals surface area contributed by atoms with Crippen molar-refractivity contribution in [2.75, 3.05) is 26.1 Å². The normalized spacial score (nSPS) is 16.5. The van der Waals surface area contributed by atoms with Gasteiger partial charge in [0.25, 0.3) is 0 Å². The maximum absolute atomic E-state index is 13.3. The minimum atomic E-state index is -0.601. The molecule has 2 amide bonds. The standard InChI is InChI=1S/C28H28ClN3O4S/c1-18-5-4-6-22(15-18)30-27(34)25-17-26(33)32(28(37-25)31-21-10-8-20(29)9-11-21)14-13-19-7-12-23(35-2)24(16-19)36-3/h4-12,15-16,25H,13-14,17H2,1-3H3,(H,30,34). The van der Waals surface area contributed by atoms with Crippen molar-refractivity contribution in [2.24, 2.45) is 4.99 Å². The number of benzene rings is 3. The van der Waals surface area contributed by atoms with Crippen LogP contribution in [0.1, 0.15) is 17.5 Å². The van der Waals surface area contributed by atoms with Crippen molar-refractivity contribution in [2.45, 2.75) is 25.0 Å². The summed E-state index contributed by atoms with van der Waals surface area (Å²) in [6, 6.07) is 20.3. The van der Waals surface area contributed by atoms with Gasteiger partial charge in [0.15, 0.2) is 16.7 Å². The number of aliphatic imine (C=N–C) groups is 1. The molecule has 0 saturated carbocycles. The Morgan fingerprint density at radius 3 is 2.54 bits per heavy atom. The molecule has 37 heavy (non-hydrogen) atoms. The Bertz CT molecular complexity index is 1310. The number of hydrogen-bond acceptors (Lipinski definition) is 6. The van der Waals surface area contributed by atoms with Gasteiger partial charge in [-0.3, -0.25) is 14.5 Å². The van der Waals surface area contributed by atoms with Crippen LogP contribution in [-0.2, 0) is 16.0 Å². The van der Waals surface area contributed by atoms with Crippen molar-refractivity contribution in [1.29, 1.82) is 0 Å². The SMILES string of the molecule is COc1ccc(CCN2C(=O)CC(C(=O)Nc3cccc(C)c3)SC2=Nc2ccc(Cl)cc2)cc1OC. The molecule has 0 radical (unpaired) electrons. The van der Waals surface area contributed by atoms with E-state index < -0.39 is 5.25 Å². The third kappa shape index (κ3) is 6.84. The lowest BCUT2D eigenvalue weighted by atomic mass is 10.1. The molecular weight excluding hydrogens is 510 g/mol. The average Bonchev–Trinajstić information content (AvgIpc) is 2.89. The van der Waals surface area contributed by atoms with E-state index in [1.165, 1.54) is 11.8 Å². The molecule has 0 aromatic heterocycles. The first-order chi connectivity index (χ1) is 17.9. The largest absolute Gasteiger partial charge is 0.493 e. The Morgan fingerprint density at radius 1 is 1.08 bits per heavy atom. The van der Waals surface area contributed by atoms with Crippen molar-refractivity contribution in [1.82, 2.24) is 4.90 Å². The summed E-state index contributed by atoms with van der Waals surface area (Å²) in [6.45, 7) is 2.36. The maximum atomic E-state index is 13.3. The van der Waals surface area contributed by atoms with E-state index in [0.717, 1.165) is 11.1 Å². The van der Waals surface area contributed by atoms with Crippen molar-refractivity contribution in [3.05, 3.63) is 82.9 Å². The van der Waals surface area contributed by atoms with Crippen molar-refractivity contribution >= 4 is 51.7 Å². The van der Waals surface area contributed by atoms with E-state index in [1.54, 1.807) is 43.4 Å². The average molecular weight is 538 g/mol. The summed E-state index contributed by atoms with van der Waals surface area (Å²) in [6.07, 6.45) is 0.653. The van der Waals surface area contributed by atoms with Gasteiger partial charge in [0.05, 0.1) is 19.9 Å². The van der Waals surface area contributed by atoms with Crippen LogP contribution in [0.3, 0.4) is 0 Å². The summed E-state index contributed by atoms with van der Waals surface area (Å²) in [5, 5.41) is 3.40. The van der Waals surface area contributed by atoms with Gasteiger partial charge in [-0.2, -0.15) is 0 Å². The van der Waals surface area contributed by atoms with Gasteiger partial charge < -0.3 is 14.8 Å². The lowest BCUT2D eigenvalue weighted by molar-refractivity contribution is -0.129. The third-order valence-corrected chi connectivity index (χ3v) is 7.28. The number of amidine groups is 1. The summed E-state index contributed by atoms with van der Waals surface area (Å²) in [5.74, 6) is 0.884. The van der Waals surface area contributed by atoms with Crippen LogP contribution in [0, 0.1) is 6.92 Å². The second kappa shape index (κ2) is 12.2. The number of thioether (sulfide) groups is 1.